The maximum Gasteiger partial charge on any atom is 0.151 e. The molecule has 1 aliphatic heterocycles. The average Bonchev–Trinajstić information content (AvgIpc) is 2.52. The molecule has 0 unspecified atom stereocenters. The molecule has 0 radical (unpaired) electrons. The maximum absolute atomic E-state index is 6.10. The summed E-state index contributed by atoms with van der Waals surface area (Å²) >= 11 is 0. The quantitative estimate of drug-likeness (QED) is 0.719. The number of allylic oxidation sites excluding steroid dienone is 3. The molecule has 2 heteroatoms. The van der Waals surface area contributed by atoms with E-state index in [1.807, 2.05) is 12.1 Å². The van der Waals surface area contributed by atoms with E-state index in [0.29, 0.717) is 0 Å². The van der Waals surface area contributed by atoms with Crippen molar-refractivity contribution in [3.63, 3.8) is 0 Å². The molecule has 0 saturated heterocycles. The van der Waals surface area contributed by atoms with Crippen LogP contribution in [-0.2, 0) is 0 Å². The van der Waals surface area contributed by atoms with Gasteiger partial charge in [0.15, 0.2) is 5.75 Å². The van der Waals surface area contributed by atoms with Crippen LogP contribution in [0.1, 0.15) is 18.4 Å². The molecule has 1 heterocycles. The number of anilines is 2. The van der Waals surface area contributed by atoms with E-state index in [1.54, 1.807) is 0 Å². The predicted octanol–water partition coefficient (Wildman–Crippen LogP) is 5.09. The fourth-order valence-electron chi connectivity index (χ4n) is 2.97. The summed E-state index contributed by atoms with van der Waals surface area (Å²) in [5.74, 6) is 2.01. The molecule has 0 aromatic heterocycles. The van der Waals surface area contributed by atoms with Crippen LogP contribution >= 0.6 is 0 Å². The number of benzene rings is 2. The monoisotopic (exact) mass is 275 g/mol. The van der Waals surface area contributed by atoms with Gasteiger partial charge in [-0.2, -0.15) is 0 Å². The first-order valence-corrected chi connectivity index (χ1v) is 7.36. The molecule has 21 heavy (non-hydrogen) atoms. The predicted molar refractivity (Wildman–Crippen MR) is 85.8 cm³/mol. The van der Waals surface area contributed by atoms with E-state index < -0.39 is 0 Å². The van der Waals surface area contributed by atoms with Crippen LogP contribution in [-0.4, -0.2) is 0 Å². The molecule has 2 aromatic rings. The summed E-state index contributed by atoms with van der Waals surface area (Å²) in [7, 11) is 0. The van der Waals surface area contributed by atoms with Crippen molar-refractivity contribution in [1.82, 2.24) is 0 Å². The first-order valence-electron chi connectivity index (χ1n) is 7.36. The Morgan fingerprint density at radius 1 is 1.05 bits per heavy atom. The second-order valence-corrected chi connectivity index (χ2v) is 5.49. The van der Waals surface area contributed by atoms with Crippen LogP contribution in [0.2, 0.25) is 0 Å². The van der Waals surface area contributed by atoms with Gasteiger partial charge in [-0.3, -0.25) is 0 Å². The second-order valence-electron chi connectivity index (χ2n) is 5.49. The number of hydrogen-bond acceptors (Lipinski definition) is 2. The van der Waals surface area contributed by atoms with E-state index in [2.05, 4.69) is 60.4 Å². The smallest absolute Gasteiger partial charge is 0.151 e. The SMILES string of the molecule is Cc1cccc(N2C3=C(CCC=C3)Oc3ccccc32)c1. The number of nitrogens with zero attached hydrogens (tertiary/aromatic N) is 1. The highest BCUT2D eigenvalue weighted by atomic mass is 16.5. The van der Waals surface area contributed by atoms with Crippen molar-refractivity contribution < 1.29 is 4.74 Å². The summed E-state index contributed by atoms with van der Waals surface area (Å²) in [4.78, 5) is 2.30. The molecule has 0 saturated carbocycles. The third kappa shape index (κ3) is 2.04. The van der Waals surface area contributed by atoms with Gasteiger partial charge in [-0.15, -0.1) is 0 Å². The van der Waals surface area contributed by atoms with E-state index in [1.165, 1.54) is 11.3 Å². The Labute approximate surface area is 125 Å². The van der Waals surface area contributed by atoms with Crippen molar-refractivity contribution in [3.05, 3.63) is 77.7 Å². The van der Waals surface area contributed by atoms with Crippen LogP contribution in [0.15, 0.2) is 72.1 Å². The number of para-hydroxylation sites is 2. The van der Waals surface area contributed by atoms with Gasteiger partial charge in [-0.25, -0.2) is 0 Å². The van der Waals surface area contributed by atoms with Gasteiger partial charge < -0.3 is 9.64 Å². The minimum Gasteiger partial charge on any atom is -0.457 e. The lowest BCUT2D eigenvalue weighted by Crippen LogP contribution is -2.24. The molecule has 1 aliphatic carbocycles. The molecule has 0 fully saturated rings. The van der Waals surface area contributed by atoms with Crippen LogP contribution in [0.4, 0.5) is 11.4 Å². The van der Waals surface area contributed by atoms with Gasteiger partial charge in [-0.1, -0.05) is 30.3 Å². The second kappa shape index (κ2) is 4.81. The molecular formula is C19H17NO. The molecule has 104 valence electrons. The van der Waals surface area contributed by atoms with E-state index >= 15 is 0 Å². The van der Waals surface area contributed by atoms with E-state index in [-0.39, 0.29) is 0 Å². The van der Waals surface area contributed by atoms with Gasteiger partial charge in [0, 0.05) is 12.1 Å². The fraction of sp³-hybridized carbons (Fsp3) is 0.158. The highest BCUT2D eigenvalue weighted by Crippen LogP contribution is 2.44. The van der Waals surface area contributed by atoms with Crippen molar-refractivity contribution in [3.8, 4) is 5.75 Å². The number of rotatable bonds is 1. The molecule has 2 nitrogen and oxygen atoms in total. The minimum absolute atomic E-state index is 0.938. The van der Waals surface area contributed by atoms with Crippen LogP contribution < -0.4 is 9.64 Å². The van der Waals surface area contributed by atoms with E-state index in [0.717, 1.165) is 35.7 Å². The molecule has 0 N–H and O–H groups in total. The normalized spacial score (nSPS) is 16.3. The lowest BCUT2D eigenvalue weighted by molar-refractivity contribution is 0.388. The molecule has 2 aliphatic rings. The largest absolute Gasteiger partial charge is 0.457 e. The number of aryl methyl sites for hydroxylation is 1. The number of fused-ring (bicyclic) bond motifs is 1. The highest BCUT2D eigenvalue weighted by Gasteiger charge is 2.27. The molecule has 4 rings (SSSR count). The van der Waals surface area contributed by atoms with Crippen LogP contribution in [0, 0.1) is 6.92 Å². The Balaban J connectivity index is 1.93. The van der Waals surface area contributed by atoms with Crippen LogP contribution in [0.5, 0.6) is 5.75 Å². The Morgan fingerprint density at radius 3 is 2.86 bits per heavy atom. The van der Waals surface area contributed by atoms with E-state index in [9.17, 15) is 0 Å². The standard InChI is InChI=1S/C19H17NO/c1-14-7-6-8-15(13-14)20-16-9-2-4-11-18(16)21-19-12-5-3-10-17(19)20/h2-4,6-11,13H,5,12H2,1H3. The molecule has 0 bridgehead atoms. The van der Waals surface area contributed by atoms with Gasteiger partial charge in [0.1, 0.15) is 5.76 Å². The van der Waals surface area contributed by atoms with Gasteiger partial charge in [0.05, 0.1) is 11.4 Å². The third-order valence-corrected chi connectivity index (χ3v) is 3.94. The van der Waals surface area contributed by atoms with Gasteiger partial charge in [0.25, 0.3) is 0 Å². The van der Waals surface area contributed by atoms with Crippen LogP contribution in [0.25, 0.3) is 0 Å². The zero-order valence-electron chi connectivity index (χ0n) is 12.0. The average molecular weight is 275 g/mol. The minimum atomic E-state index is 0.938. The molecule has 0 atom stereocenters. The summed E-state index contributed by atoms with van der Waals surface area (Å²) in [5, 5.41) is 0. The Kier molecular flexibility index (Phi) is 2.81. The van der Waals surface area contributed by atoms with Crippen molar-refractivity contribution >= 4 is 11.4 Å². The summed E-state index contributed by atoms with van der Waals surface area (Å²) in [6, 6.07) is 16.8. The van der Waals surface area contributed by atoms with Gasteiger partial charge in [-0.05, 0) is 49.2 Å². The molecule has 0 spiro atoms. The number of ether oxygens (including phenoxy) is 1. The summed E-state index contributed by atoms with van der Waals surface area (Å²) < 4.78 is 6.10. The Hall–Kier alpha value is -2.48. The number of hydrogen-bond donors (Lipinski definition) is 0. The first kappa shape index (κ1) is 12.3. The maximum atomic E-state index is 6.10. The van der Waals surface area contributed by atoms with Crippen molar-refractivity contribution in [1.29, 1.82) is 0 Å². The van der Waals surface area contributed by atoms with Crippen LogP contribution in [0.3, 0.4) is 0 Å². The lowest BCUT2D eigenvalue weighted by Gasteiger charge is -2.35. The van der Waals surface area contributed by atoms with Crippen molar-refractivity contribution in [2.45, 2.75) is 19.8 Å². The Morgan fingerprint density at radius 2 is 1.95 bits per heavy atom. The molecular weight excluding hydrogens is 258 g/mol. The van der Waals surface area contributed by atoms with Crippen molar-refractivity contribution in [2.24, 2.45) is 0 Å². The summed E-state index contributed by atoms with van der Waals surface area (Å²) in [5.41, 5.74) is 4.71. The summed E-state index contributed by atoms with van der Waals surface area (Å²) in [6.07, 6.45) is 6.40. The summed E-state index contributed by atoms with van der Waals surface area (Å²) in [6.45, 7) is 2.13. The van der Waals surface area contributed by atoms with E-state index in [4.69, 9.17) is 4.74 Å². The lowest BCUT2D eigenvalue weighted by atomic mass is 10.0. The molecule has 0 amide bonds. The van der Waals surface area contributed by atoms with Gasteiger partial charge in [0.2, 0.25) is 0 Å². The zero-order valence-corrected chi connectivity index (χ0v) is 12.0. The Bertz CT molecular complexity index is 758. The van der Waals surface area contributed by atoms with Crippen molar-refractivity contribution in [2.75, 3.05) is 4.90 Å². The third-order valence-electron chi connectivity index (χ3n) is 3.94. The first-order chi connectivity index (χ1) is 10.3. The topological polar surface area (TPSA) is 12.5 Å². The molecule has 2 aromatic carbocycles. The zero-order chi connectivity index (χ0) is 14.2. The fourth-order valence-corrected chi connectivity index (χ4v) is 2.97. The van der Waals surface area contributed by atoms with Gasteiger partial charge >= 0.3 is 0 Å². The highest BCUT2D eigenvalue weighted by molar-refractivity contribution is 5.77.